The van der Waals surface area contributed by atoms with Gasteiger partial charge in [0, 0.05) is 12.2 Å². The summed E-state index contributed by atoms with van der Waals surface area (Å²) in [5, 5.41) is 5.47. The number of amides is 3. The molecule has 1 saturated heterocycles. The standard InChI is InChI=1S/C24H27N3O4/c1-2-10-20(26-24(30)31-17-18-11-5-3-6-12-18)23(29)27-16-9-15-21(27)22(28)25-19-13-7-4-8-14-19/h2-8,11-14,20-21H,1,9-10,15-17H2,(H,25,28)(H,26,30)/t20-,21+/m1/s1. The van der Waals surface area contributed by atoms with Crippen LogP contribution in [0.15, 0.2) is 73.3 Å². The number of nitrogens with zero attached hydrogens (tertiary/aromatic N) is 1. The van der Waals surface area contributed by atoms with E-state index in [9.17, 15) is 14.4 Å². The van der Waals surface area contributed by atoms with Gasteiger partial charge in [-0.1, -0.05) is 54.6 Å². The lowest BCUT2D eigenvalue weighted by atomic mass is 10.1. The smallest absolute Gasteiger partial charge is 0.408 e. The molecule has 3 amide bonds. The fourth-order valence-corrected chi connectivity index (χ4v) is 3.55. The highest BCUT2D eigenvalue weighted by molar-refractivity contribution is 5.98. The van der Waals surface area contributed by atoms with E-state index < -0.39 is 18.2 Å². The third kappa shape index (κ3) is 6.18. The molecule has 1 aliphatic heterocycles. The molecule has 162 valence electrons. The Labute approximate surface area is 182 Å². The highest BCUT2D eigenvalue weighted by Gasteiger charge is 2.37. The summed E-state index contributed by atoms with van der Waals surface area (Å²) in [6, 6.07) is 17.0. The molecule has 1 fully saturated rings. The normalized spacial score (nSPS) is 16.3. The van der Waals surface area contributed by atoms with E-state index in [1.54, 1.807) is 18.2 Å². The number of rotatable bonds is 8. The third-order valence-electron chi connectivity index (χ3n) is 5.09. The molecule has 1 heterocycles. The molecule has 1 aliphatic rings. The van der Waals surface area contributed by atoms with Crippen LogP contribution < -0.4 is 10.6 Å². The maximum atomic E-state index is 13.1. The van der Waals surface area contributed by atoms with E-state index in [4.69, 9.17) is 4.74 Å². The molecule has 0 bridgehead atoms. The first kappa shape index (κ1) is 22.1. The monoisotopic (exact) mass is 421 g/mol. The lowest BCUT2D eigenvalue weighted by Crippen LogP contribution is -2.52. The molecule has 0 aromatic heterocycles. The van der Waals surface area contributed by atoms with Crippen LogP contribution in [0.4, 0.5) is 10.5 Å². The number of ether oxygens (including phenoxy) is 1. The van der Waals surface area contributed by atoms with Crippen LogP contribution in [0.2, 0.25) is 0 Å². The minimum Gasteiger partial charge on any atom is -0.445 e. The average molecular weight is 421 g/mol. The predicted octanol–water partition coefficient (Wildman–Crippen LogP) is 3.49. The second-order valence-corrected chi connectivity index (χ2v) is 7.33. The van der Waals surface area contributed by atoms with Gasteiger partial charge in [-0.3, -0.25) is 9.59 Å². The van der Waals surface area contributed by atoms with Gasteiger partial charge < -0.3 is 20.3 Å². The quantitative estimate of drug-likeness (QED) is 0.639. The molecule has 0 unspecified atom stereocenters. The number of likely N-dealkylation sites (tertiary alicyclic amines) is 1. The molecule has 0 radical (unpaired) electrons. The van der Waals surface area contributed by atoms with Crippen LogP contribution in [-0.2, 0) is 20.9 Å². The van der Waals surface area contributed by atoms with E-state index in [0.717, 1.165) is 12.0 Å². The van der Waals surface area contributed by atoms with E-state index in [1.807, 2.05) is 48.5 Å². The zero-order valence-electron chi connectivity index (χ0n) is 17.3. The number of anilines is 1. The summed E-state index contributed by atoms with van der Waals surface area (Å²) in [5.41, 5.74) is 1.53. The number of para-hydroxylation sites is 1. The van der Waals surface area contributed by atoms with Gasteiger partial charge in [-0.15, -0.1) is 6.58 Å². The highest BCUT2D eigenvalue weighted by Crippen LogP contribution is 2.21. The zero-order valence-corrected chi connectivity index (χ0v) is 17.3. The zero-order chi connectivity index (χ0) is 22.1. The van der Waals surface area contributed by atoms with Crippen molar-refractivity contribution < 1.29 is 19.1 Å². The molecule has 2 aromatic carbocycles. The van der Waals surface area contributed by atoms with Gasteiger partial charge in [0.2, 0.25) is 11.8 Å². The fourth-order valence-electron chi connectivity index (χ4n) is 3.55. The van der Waals surface area contributed by atoms with Gasteiger partial charge in [-0.25, -0.2) is 4.79 Å². The molecular formula is C24H27N3O4. The number of carbonyl (C=O) groups is 3. The highest BCUT2D eigenvalue weighted by atomic mass is 16.5. The molecule has 7 heteroatoms. The third-order valence-corrected chi connectivity index (χ3v) is 5.09. The molecular weight excluding hydrogens is 394 g/mol. The number of nitrogens with one attached hydrogen (secondary N) is 2. The van der Waals surface area contributed by atoms with E-state index in [0.29, 0.717) is 18.7 Å². The van der Waals surface area contributed by atoms with Gasteiger partial charge in [-0.05, 0) is 37.0 Å². The van der Waals surface area contributed by atoms with Crippen molar-refractivity contribution in [2.45, 2.75) is 38.0 Å². The largest absolute Gasteiger partial charge is 0.445 e. The van der Waals surface area contributed by atoms with Crippen LogP contribution in [-0.4, -0.2) is 41.4 Å². The summed E-state index contributed by atoms with van der Waals surface area (Å²) in [4.78, 5) is 39.7. The number of benzene rings is 2. The van der Waals surface area contributed by atoms with Gasteiger partial charge >= 0.3 is 6.09 Å². The lowest BCUT2D eigenvalue weighted by molar-refractivity contribution is -0.138. The Balaban J connectivity index is 1.60. The summed E-state index contributed by atoms with van der Waals surface area (Å²) in [6.45, 7) is 4.24. The SMILES string of the molecule is C=CC[C@@H](NC(=O)OCc1ccccc1)C(=O)N1CCC[C@H]1C(=O)Nc1ccccc1. The van der Waals surface area contributed by atoms with Crippen LogP contribution in [0.5, 0.6) is 0 Å². The van der Waals surface area contributed by atoms with Crippen LogP contribution >= 0.6 is 0 Å². The Bertz CT molecular complexity index is 902. The van der Waals surface area contributed by atoms with Gasteiger partial charge in [0.05, 0.1) is 0 Å². The minimum atomic E-state index is -0.842. The predicted molar refractivity (Wildman–Crippen MR) is 118 cm³/mol. The van der Waals surface area contributed by atoms with Crippen molar-refractivity contribution in [3.63, 3.8) is 0 Å². The molecule has 7 nitrogen and oxygen atoms in total. The van der Waals surface area contributed by atoms with Crippen molar-refractivity contribution in [1.82, 2.24) is 10.2 Å². The van der Waals surface area contributed by atoms with E-state index in [1.165, 1.54) is 4.90 Å². The Morgan fingerprint density at radius 1 is 1.10 bits per heavy atom. The first-order chi connectivity index (χ1) is 15.1. The van der Waals surface area contributed by atoms with Crippen LogP contribution in [0.3, 0.4) is 0 Å². The van der Waals surface area contributed by atoms with Crippen molar-refractivity contribution in [2.24, 2.45) is 0 Å². The Morgan fingerprint density at radius 2 is 1.77 bits per heavy atom. The Hall–Kier alpha value is -3.61. The van der Waals surface area contributed by atoms with Gasteiger partial charge in [-0.2, -0.15) is 0 Å². The van der Waals surface area contributed by atoms with Crippen LogP contribution in [0.25, 0.3) is 0 Å². The van der Waals surface area contributed by atoms with Crippen molar-refractivity contribution in [3.05, 3.63) is 78.9 Å². The fraction of sp³-hybridized carbons (Fsp3) is 0.292. The minimum absolute atomic E-state index is 0.105. The Kier molecular flexibility index (Phi) is 7.81. The summed E-state index contributed by atoms with van der Waals surface area (Å²) < 4.78 is 5.24. The molecule has 2 aromatic rings. The second-order valence-electron chi connectivity index (χ2n) is 7.33. The van der Waals surface area contributed by atoms with Crippen molar-refractivity contribution in [1.29, 1.82) is 0 Å². The molecule has 0 saturated carbocycles. The van der Waals surface area contributed by atoms with Crippen LogP contribution in [0.1, 0.15) is 24.8 Å². The van der Waals surface area contributed by atoms with Crippen molar-refractivity contribution in [2.75, 3.05) is 11.9 Å². The summed E-state index contributed by atoms with van der Waals surface area (Å²) in [6.07, 6.45) is 2.41. The lowest BCUT2D eigenvalue weighted by Gasteiger charge is -2.28. The maximum absolute atomic E-state index is 13.1. The van der Waals surface area contributed by atoms with Gasteiger partial charge in [0.15, 0.2) is 0 Å². The van der Waals surface area contributed by atoms with E-state index in [2.05, 4.69) is 17.2 Å². The van der Waals surface area contributed by atoms with Crippen LogP contribution in [0, 0.1) is 0 Å². The summed E-state index contributed by atoms with van der Waals surface area (Å²) in [7, 11) is 0. The molecule has 2 atom stereocenters. The second kappa shape index (κ2) is 11.0. The topological polar surface area (TPSA) is 87.7 Å². The molecule has 0 aliphatic carbocycles. The van der Waals surface area contributed by atoms with Gasteiger partial charge in [0.1, 0.15) is 18.7 Å². The molecule has 2 N–H and O–H groups in total. The van der Waals surface area contributed by atoms with E-state index in [-0.39, 0.29) is 24.8 Å². The molecule has 3 rings (SSSR count). The number of hydrogen-bond acceptors (Lipinski definition) is 4. The van der Waals surface area contributed by atoms with Crippen molar-refractivity contribution in [3.8, 4) is 0 Å². The first-order valence-electron chi connectivity index (χ1n) is 10.3. The van der Waals surface area contributed by atoms with E-state index >= 15 is 0 Å². The number of alkyl carbamates (subject to hydrolysis) is 1. The van der Waals surface area contributed by atoms with Crippen molar-refractivity contribution >= 4 is 23.6 Å². The molecule has 0 spiro atoms. The molecule has 31 heavy (non-hydrogen) atoms. The maximum Gasteiger partial charge on any atom is 0.408 e. The number of hydrogen-bond donors (Lipinski definition) is 2. The number of carbonyl (C=O) groups excluding carboxylic acids is 3. The summed E-state index contributed by atoms with van der Waals surface area (Å²) in [5.74, 6) is -0.552. The Morgan fingerprint density at radius 3 is 2.45 bits per heavy atom. The average Bonchev–Trinajstić information content (AvgIpc) is 3.28. The van der Waals surface area contributed by atoms with Gasteiger partial charge in [0.25, 0.3) is 0 Å². The summed E-state index contributed by atoms with van der Waals surface area (Å²) >= 11 is 0. The first-order valence-corrected chi connectivity index (χ1v) is 10.3.